The molecule has 0 radical (unpaired) electrons. The van der Waals surface area contributed by atoms with Crippen molar-refractivity contribution in [3.8, 4) is 17.6 Å². The molecule has 2 aromatic rings. The van der Waals surface area contributed by atoms with E-state index in [0.717, 1.165) is 22.0 Å². The van der Waals surface area contributed by atoms with Gasteiger partial charge in [0.15, 0.2) is 0 Å². The van der Waals surface area contributed by atoms with Crippen LogP contribution < -0.4 is 10.5 Å². The lowest BCUT2D eigenvalue weighted by molar-refractivity contribution is 0.405. The lowest BCUT2D eigenvalue weighted by atomic mass is 10.1. The highest BCUT2D eigenvalue weighted by atomic mass is 32.2. The monoisotopic (exact) mass is 283 g/mol. The standard InChI is InChI=1S/C17H17NOS/c1-19-16-6-2-3-7-17(16)20-13-15-10-8-14(9-11-15)5-4-12-18/h2-3,6-11H,12-13,18H2,1H3. The van der Waals surface area contributed by atoms with Gasteiger partial charge in [0.05, 0.1) is 13.7 Å². The minimum atomic E-state index is 0.394. The molecule has 0 aromatic heterocycles. The van der Waals surface area contributed by atoms with Gasteiger partial charge in [0, 0.05) is 16.2 Å². The van der Waals surface area contributed by atoms with Crippen LogP contribution in [-0.2, 0) is 5.75 Å². The van der Waals surface area contributed by atoms with Crippen molar-refractivity contribution < 1.29 is 4.74 Å². The van der Waals surface area contributed by atoms with E-state index in [9.17, 15) is 0 Å². The Balaban J connectivity index is 2.00. The van der Waals surface area contributed by atoms with Gasteiger partial charge in [0.2, 0.25) is 0 Å². The lowest BCUT2D eigenvalue weighted by Gasteiger charge is -2.07. The molecule has 0 atom stereocenters. The van der Waals surface area contributed by atoms with Crippen molar-refractivity contribution in [3.05, 3.63) is 59.7 Å². The van der Waals surface area contributed by atoms with Crippen molar-refractivity contribution in [2.45, 2.75) is 10.6 Å². The second-order valence-electron chi connectivity index (χ2n) is 4.14. The van der Waals surface area contributed by atoms with Crippen molar-refractivity contribution in [1.29, 1.82) is 0 Å². The predicted molar refractivity (Wildman–Crippen MR) is 84.9 cm³/mol. The third-order valence-electron chi connectivity index (χ3n) is 2.75. The summed E-state index contributed by atoms with van der Waals surface area (Å²) in [7, 11) is 1.70. The Morgan fingerprint density at radius 2 is 1.85 bits per heavy atom. The quantitative estimate of drug-likeness (QED) is 0.691. The zero-order valence-corrected chi connectivity index (χ0v) is 12.2. The lowest BCUT2D eigenvalue weighted by Crippen LogP contribution is -1.93. The summed E-state index contributed by atoms with van der Waals surface area (Å²) in [5.74, 6) is 7.70. The molecule has 0 aliphatic heterocycles. The van der Waals surface area contributed by atoms with Gasteiger partial charge in [0.25, 0.3) is 0 Å². The molecule has 20 heavy (non-hydrogen) atoms. The van der Waals surface area contributed by atoms with Crippen LogP contribution in [0, 0.1) is 11.8 Å². The van der Waals surface area contributed by atoms with Gasteiger partial charge < -0.3 is 10.5 Å². The van der Waals surface area contributed by atoms with Crippen LogP contribution in [0.3, 0.4) is 0 Å². The summed E-state index contributed by atoms with van der Waals surface area (Å²) in [5, 5.41) is 0. The topological polar surface area (TPSA) is 35.2 Å². The summed E-state index contributed by atoms with van der Waals surface area (Å²) in [6.07, 6.45) is 0. The van der Waals surface area contributed by atoms with Gasteiger partial charge in [-0.3, -0.25) is 0 Å². The summed E-state index contributed by atoms with van der Waals surface area (Å²) in [6.45, 7) is 0.394. The number of ether oxygens (including phenoxy) is 1. The maximum atomic E-state index is 5.36. The van der Waals surface area contributed by atoms with E-state index in [4.69, 9.17) is 10.5 Å². The van der Waals surface area contributed by atoms with Crippen molar-refractivity contribution in [1.82, 2.24) is 0 Å². The highest BCUT2D eigenvalue weighted by Crippen LogP contribution is 2.31. The molecule has 0 saturated heterocycles. The van der Waals surface area contributed by atoms with Crippen molar-refractivity contribution >= 4 is 11.8 Å². The molecular weight excluding hydrogens is 266 g/mol. The van der Waals surface area contributed by atoms with Crippen LogP contribution in [0.4, 0.5) is 0 Å². The molecule has 2 nitrogen and oxygen atoms in total. The number of hydrogen-bond acceptors (Lipinski definition) is 3. The van der Waals surface area contributed by atoms with Gasteiger partial charge >= 0.3 is 0 Å². The first-order chi connectivity index (χ1) is 9.83. The fourth-order valence-electron chi connectivity index (χ4n) is 1.74. The SMILES string of the molecule is COc1ccccc1SCc1ccc(C#CCN)cc1. The van der Waals surface area contributed by atoms with E-state index < -0.39 is 0 Å². The Labute approximate surface area is 124 Å². The number of para-hydroxylation sites is 1. The highest BCUT2D eigenvalue weighted by molar-refractivity contribution is 7.98. The van der Waals surface area contributed by atoms with E-state index in [-0.39, 0.29) is 0 Å². The van der Waals surface area contributed by atoms with Gasteiger partial charge in [0.1, 0.15) is 5.75 Å². The zero-order valence-electron chi connectivity index (χ0n) is 11.4. The largest absolute Gasteiger partial charge is 0.496 e. The van der Waals surface area contributed by atoms with Crippen LogP contribution >= 0.6 is 11.8 Å². The molecule has 102 valence electrons. The third kappa shape index (κ3) is 4.06. The minimum Gasteiger partial charge on any atom is -0.496 e. The van der Waals surface area contributed by atoms with Gasteiger partial charge in [-0.15, -0.1) is 11.8 Å². The van der Waals surface area contributed by atoms with E-state index in [1.54, 1.807) is 18.9 Å². The first-order valence-electron chi connectivity index (χ1n) is 6.37. The van der Waals surface area contributed by atoms with Crippen molar-refractivity contribution in [3.63, 3.8) is 0 Å². The zero-order chi connectivity index (χ0) is 14.2. The van der Waals surface area contributed by atoms with Gasteiger partial charge in [-0.1, -0.05) is 36.1 Å². The molecule has 2 N–H and O–H groups in total. The Morgan fingerprint density at radius 1 is 1.10 bits per heavy atom. The summed E-state index contributed by atoms with van der Waals surface area (Å²) >= 11 is 1.77. The van der Waals surface area contributed by atoms with Gasteiger partial charge in [-0.2, -0.15) is 0 Å². The van der Waals surface area contributed by atoms with Crippen LogP contribution in [0.15, 0.2) is 53.4 Å². The first kappa shape index (κ1) is 14.5. The number of thioether (sulfide) groups is 1. The fourth-order valence-corrected chi connectivity index (χ4v) is 2.72. The molecule has 2 rings (SSSR count). The number of benzene rings is 2. The average molecular weight is 283 g/mol. The molecule has 3 heteroatoms. The van der Waals surface area contributed by atoms with Crippen LogP contribution in [0.25, 0.3) is 0 Å². The average Bonchev–Trinajstić information content (AvgIpc) is 2.52. The predicted octanol–water partition coefficient (Wildman–Crippen LogP) is 3.30. The number of rotatable bonds is 4. The molecule has 0 unspecified atom stereocenters. The first-order valence-corrected chi connectivity index (χ1v) is 7.35. The smallest absolute Gasteiger partial charge is 0.132 e. The number of methoxy groups -OCH3 is 1. The van der Waals surface area contributed by atoms with Crippen LogP contribution in [0.1, 0.15) is 11.1 Å². The minimum absolute atomic E-state index is 0.394. The molecule has 0 fully saturated rings. The molecule has 0 saturated carbocycles. The van der Waals surface area contributed by atoms with Crippen molar-refractivity contribution in [2.24, 2.45) is 5.73 Å². The van der Waals surface area contributed by atoms with E-state index in [1.807, 2.05) is 30.3 Å². The number of hydrogen-bond donors (Lipinski definition) is 1. The normalized spacial score (nSPS) is 9.70. The van der Waals surface area contributed by atoms with E-state index >= 15 is 0 Å². The maximum absolute atomic E-state index is 5.36. The van der Waals surface area contributed by atoms with Crippen LogP contribution in [-0.4, -0.2) is 13.7 Å². The molecule has 0 aliphatic rings. The van der Waals surface area contributed by atoms with E-state index in [2.05, 4.69) is 30.0 Å². The van der Waals surface area contributed by atoms with Gasteiger partial charge in [-0.05, 0) is 29.8 Å². The molecule has 2 aromatic carbocycles. The Bertz CT molecular complexity index is 611. The third-order valence-corrected chi connectivity index (χ3v) is 3.88. The molecule has 0 spiro atoms. The Kier molecular flexibility index (Phi) is 5.55. The van der Waals surface area contributed by atoms with E-state index in [0.29, 0.717) is 6.54 Å². The summed E-state index contributed by atoms with van der Waals surface area (Å²) in [4.78, 5) is 1.15. The Hall–Kier alpha value is -1.89. The second kappa shape index (κ2) is 7.64. The molecular formula is C17H17NOS. The maximum Gasteiger partial charge on any atom is 0.132 e. The van der Waals surface area contributed by atoms with E-state index in [1.165, 1.54) is 5.56 Å². The summed E-state index contributed by atoms with van der Waals surface area (Å²) in [5.41, 5.74) is 7.62. The molecule has 0 amide bonds. The Morgan fingerprint density at radius 3 is 2.55 bits per heavy atom. The van der Waals surface area contributed by atoms with Crippen LogP contribution in [0.2, 0.25) is 0 Å². The summed E-state index contributed by atoms with van der Waals surface area (Å²) in [6, 6.07) is 16.3. The molecule has 0 aliphatic carbocycles. The highest BCUT2D eigenvalue weighted by Gasteiger charge is 2.02. The fraction of sp³-hybridized carbons (Fsp3) is 0.176. The molecule has 0 heterocycles. The van der Waals surface area contributed by atoms with Gasteiger partial charge in [-0.25, -0.2) is 0 Å². The second-order valence-corrected chi connectivity index (χ2v) is 5.16. The summed E-state index contributed by atoms with van der Waals surface area (Å²) < 4.78 is 5.35. The molecule has 0 bridgehead atoms. The van der Waals surface area contributed by atoms with Crippen molar-refractivity contribution in [2.75, 3.05) is 13.7 Å². The number of nitrogens with two attached hydrogens (primary N) is 1. The van der Waals surface area contributed by atoms with Crippen LogP contribution in [0.5, 0.6) is 5.75 Å².